The molecule has 0 aliphatic rings. The lowest BCUT2D eigenvalue weighted by atomic mass is 9.84. The molecule has 1 aromatic heterocycles. The normalized spacial score (nSPS) is 11.7. The number of allylic oxidation sites excluding steroid dienone is 6. The van der Waals surface area contributed by atoms with Gasteiger partial charge >= 0.3 is 0 Å². The van der Waals surface area contributed by atoms with E-state index in [0.717, 1.165) is 39.2 Å². The van der Waals surface area contributed by atoms with Gasteiger partial charge in [0.1, 0.15) is 0 Å². The Morgan fingerprint density at radius 3 is 1.67 bits per heavy atom. The molecule has 0 unspecified atom stereocenters. The highest BCUT2D eigenvalue weighted by atomic mass is 14.7. The summed E-state index contributed by atoms with van der Waals surface area (Å²) < 4.78 is 0. The smallest absolute Gasteiger partial charge is 0.0715 e. The molecular weight excluding hydrogens is 663 g/mol. The van der Waals surface area contributed by atoms with Crippen molar-refractivity contribution >= 4 is 37.9 Å². The summed E-state index contributed by atoms with van der Waals surface area (Å²) in [5, 5.41) is 7.42. The topological polar surface area (TPSA) is 12.9 Å². The monoisotopic (exact) mass is 709 g/mol. The second-order valence-electron chi connectivity index (χ2n) is 13.7. The van der Waals surface area contributed by atoms with Crippen LogP contribution < -0.4 is 0 Å². The molecule has 1 heteroatoms. The number of nitrogens with zero attached hydrogens (tertiary/aromatic N) is 1. The van der Waals surface area contributed by atoms with Crippen LogP contribution in [-0.4, -0.2) is 4.98 Å². The average molecular weight is 710 g/mol. The molecule has 0 radical (unpaired) electrons. The van der Waals surface area contributed by atoms with Crippen molar-refractivity contribution in [2.75, 3.05) is 0 Å². The SMILES string of the molecule is C=C/C(C(=C)C)=C(/C=C\C)c1cccc(-c2cccc(-c3c4ccccc4c(-c4cccc5c(-c6ccc(C)cc6)cccc45)c4ccccc34)c2)n1.CC. The largest absolute Gasteiger partial charge is 0.248 e. The van der Waals surface area contributed by atoms with Crippen molar-refractivity contribution in [2.45, 2.75) is 34.6 Å². The molecule has 8 aromatic rings. The van der Waals surface area contributed by atoms with Gasteiger partial charge in [-0.15, -0.1) is 0 Å². The lowest BCUT2D eigenvalue weighted by Gasteiger charge is -2.19. The maximum atomic E-state index is 5.19. The van der Waals surface area contributed by atoms with Crippen molar-refractivity contribution in [3.05, 3.63) is 205 Å². The van der Waals surface area contributed by atoms with Crippen LogP contribution in [-0.2, 0) is 0 Å². The Morgan fingerprint density at radius 1 is 0.545 bits per heavy atom. The number of aromatic nitrogens is 1. The molecule has 0 saturated heterocycles. The van der Waals surface area contributed by atoms with Gasteiger partial charge in [-0.1, -0.05) is 190 Å². The van der Waals surface area contributed by atoms with Crippen LogP contribution in [0, 0.1) is 6.92 Å². The van der Waals surface area contributed by atoms with Crippen LogP contribution in [0.25, 0.3) is 82.5 Å². The van der Waals surface area contributed by atoms with E-state index < -0.39 is 0 Å². The number of rotatable bonds is 8. The molecule has 0 aliphatic carbocycles. The molecule has 0 N–H and O–H groups in total. The summed E-state index contributed by atoms with van der Waals surface area (Å²) in [6.07, 6.45) is 6.00. The molecule has 0 fully saturated rings. The molecule has 7 aromatic carbocycles. The lowest BCUT2D eigenvalue weighted by molar-refractivity contribution is 1.27. The molecule has 1 nitrogen and oxygen atoms in total. The third-order valence-electron chi connectivity index (χ3n) is 10.2. The maximum absolute atomic E-state index is 5.19. The highest BCUT2D eigenvalue weighted by molar-refractivity contribution is 6.24. The quantitative estimate of drug-likeness (QED) is 0.113. The molecule has 55 heavy (non-hydrogen) atoms. The van der Waals surface area contributed by atoms with Gasteiger partial charge < -0.3 is 0 Å². The van der Waals surface area contributed by atoms with Crippen LogP contribution in [0.1, 0.15) is 39.0 Å². The third kappa shape index (κ3) is 6.98. The summed E-state index contributed by atoms with van der Waals surface area (Å²) >= 11 is 0. The summed E-state index contributed by atoms with van der Waals surface area (Å²) in [6.45, 7) is 18.4. The number of benzene rings is 7. The van der Waals surface area contributed by atoms with Crippen LogP contribution in [0.2, 0.25) is 0 Å². The molecule has 0 aliphatic heterocycles. The van der Waals surface area contributed by atoms with Crippen LogP contribution in [0.4, 0.5) is 0 Å². The first-order chi connectivity index (χ1) is 27.0. The van der Waals surface area contributed by atoms with E-state index in [1.165, 1.54) is 65.7 Å². The molecule has 0 amide bonds. The molecule has 0 atom stereocenters. The standard InChI is InChI=1S/C52H41N.C2H6/c1-6-16-43(39(7-2)34(3)4)50-28-15-27-49(53-50)37-17-12-18-38(33-37)51-45-19-8-10-21-47(45)52(48-22-11-9-20-46(48)51)44-26-14-24-41-40(23-13-25-42(41)44)36-31-29-35(5)30-32-36;1-2/h6-33H,2-3H2,1,4-5H3;1-2H3/b16-6-,43-39+;. The third-order valence-corrected chi connectivity index (χ3v) is 10.2. The fourth-order valence-corrected chi connectivity index (χ4v) is 7.82. The predicted molar refractivity (Wildman–Crippen MR) is 241 cm³/mol. The van der Waals surface area contributed by atoms with Gasteiger partial charge in [0, 0.05) is 11.1 Å². The van der Waals surface area contributed by atoms with E-state index >= 15 is 0 Å². The zero-order valence-electron chi connectivity index (χ0n) is 32.5. The van der Waals surface area contributed by atoms with Gasteiger partial charge in [0.15, 0.2) is 0 Å². The Labute approximate surface area is 326 Å². The van der Waals surface area contributed by atoms with Crippen molar-refractivity contribution in [2.24, 2.45) is 0 Å². The second kappa shape index (κ2) is 16.2. The Kier molecular flexibility index (Phi) is 10.8. The number of hydrogen-bond acceptors (Lipinski definition) is 1. The van der Waals surface area contributed by atoms with Gasteiger partial charge in [0.25, 0.3) is 0 Å². The highest BCUT2D eigenvalue weighted by Gasteiger charge is 2.19. The molecule has 0 bridgehead atoms. The van der Waals surface area contributed by atoms with E-state index in [-0.39, 0.29) is 0 Å². The first-order valence-corrected chi connectivity index (χ1v) is 19.2. The van der Waals surface area contributed by atoms with Crippen molar-refractivity contribution in [1.29, 1.82) is 0 Å². The summed E-state index contributed by atoms with van der Waals surface area (Å²) in [7, 11) is 0. The molecule has 8 rings (SSSR count). The lowest BCUT2D eigenvalue weighted by Crippen LogP contribution is -1.95. The van der Waals surface area contributed by atoms with Crippen molar-refractivity contribution in [3.8, 4) is 44.6 Å². The Balaban J connectivity index is 0.00000229. The minimum Gasteiger partial charge on any atom is -0.248 e. The minimum absolute atomic E-state index is 0.893. The van der Waals surface area contributed by atoms with Crippen LogP contribution in [0.15, 0.2) is 194 Å². The number of aryl methyl sites for hydroxylation is 1. The van der Waals surface area contributed by atoms with Crippen LogP contribution >= 0.6 is 0 Å². The molecule has 268 valence electrons. The van der Waals surface area contributed by atoms with Crippen LogP contribution in [0.5, 0.6) is 0 Å². The Hall–Kier alpha value is -6.57. The summed E-state index contributed by atoms with van der Waals surface area (Å²) in [4.78, 5) is 5.19. The summed E-state index contributed by atoms with van der Waals surface area (Å²) in [5.41, 5.74) is 14.5. The zero-order chi connectivity index (χ0) is 38.5. The number of hydrogen-bond donors (Lipinski definition) is 0. The van der Waals surface area contributed by atoms with Crippen LogP contribution in [0.3, 0.4) is 0 Å². The average Bonchev–Trinajstić information content (AvgIpc) is 3.23. The van der Waals surface area contributed by atoms with Gasteiger partial charge in [-0.3, -0.25) is 0 Å². The number of fused-ring (bicyclic) bond motifs is 3. The maximum Gasteiger partial charge on any atom is 0.0715 e. The fourth-order valence-electron chi connectivity index (χ4n) is 7.82. The Bertz CT molecular complexity index is 2720. The van der Waals surface area contributed by atoms with E-state index in [1.54, 1.807) is 0 Å². The molecule has 0 spiro atoms. The van der Waals surface area contributed by atoms with Crippen molar-refractivity contribution < 1.29 is 0 Å². The fraction of sp³-hybridized carbons (Fsp3) is 0.0926. The number of pyridine rings is 1. The highest BCUT2D eigenvalue weighted by Crippen LogP contribution is 2.46. The first-order valence-electron chi connectivity index (χ1n) is 19.2. The van der Waals surface area contributed by atoms with E-state index in [0.29, 0.717) is 0 Å². The van der Waals surface area contributed by atoms with Gasteiger partial charge in [0.05, 0.1) is 11.4 Å². The summed E-state index contributed by atoms with van der Waals surface area (Å²) in [6, 6.07) is 55.1. The first kappa shape index (κ1) is 36.8. The second-order valence-corrected chi connectivity index (χ2v) is 13.7. The van der Waals surface area contributed by atoms with E-state index in [4.69, 9.17) is 4.98 Å². The summed E-state index contributed by atoms with van der Waals surface area (Å²) in [5.74, 6) is 0. The zero-order valence-corrected chi connectivity index (χ0v) is 32.5. The van der Waals surface area contributed by atoms with Gasteiger partial charge in [-0.05, 0) is 110 Å². The van der Waals surface area contributed by atoms with Gasteiger partial charge in [0.2, 0.25) is 0 Å². The van der Waals surface area contributed by atoms with E-state index in [2.05, 4.69) is 178 Å². The Morgan fingerprint density at radius 2 is 1.07 bits per heavy atom. The molecule has 1 heterocycles. The molecular formula is C54H47N. The van der Waals surface area contributed by atoms with Gasteiger partial charge in [-0.25, -0.2) is 4.98 Å². The predicted octanol–water partition coefficient (Wildman–Crippen LogP) is 15.6. The van der Waals surface area contributed by atoms with Crippen molar-refractivity contribution in [1.82, 2.24) is 4.98 Å². The van der Waals surface area contributed by atoms with E-state index in [9.17, 15) is 0 Å². The van der Waals surface area contributed by atoms with Gasteiger partial charge in [-0.2, -0.15) is 0 Å². The molecule has 0 saturated carbocycles. The van der Waals surface area contributed by atoms with Crippen molar-refractivity contribution in [3.63, 3.8) is 0 Å². The van der Waals surface area contributed by atoms with E-state index in [1.807, 2.05) is 39.8 Å². The minimum atomic E-state index is 0.893.